The molecule has 0 fully saturated rings. The summed E-state index contributed by atoms with van der Waals surface area (Å²) in [6.07, 6.45) is 4.42. The van der Waals surface area contributed by atoms with Crippen molar-refractivity contribution in [3.05, 3.63) is 35.4 Å². The van der Waals surface area contributed by atoms with Crippen LogP contribution in [0.25, 0.3) is 0 Å². The van der Waals surface area contributed by atoms with Crippen LogP contribution in [-0.2, 0) is 13.0 Å². The minimum absolute atomic E-state index is 0.882. The normalized spacial score (nSPS) is 15.3. The van der Waals surface area contributed by atoms with E-state index in [0.717, 1.165) is 50.9 Å². The van der Waals surface area contributed by atoms with Crippen LogP contribution in [0.2, 0.25) is 0 Å². The van der Waals surface area contributed by atoms with Crippen molar-refractivity contribution in [2.45, 2.75) is 26.3 Å². The van der Waals surface area contributed by atoms with Crippen LogP contribution in [0, 0.1) is 0 Å². The maximum atomic E-state index is 4.67. The molecule has 0 saturated carbocycles. The van der Waals surface area contributed by atoms with Crippen LogP contribution in [0.3, 0.4) is 0 Å². The second-order valence-electron chi connectivity index (χ2n) is 5.83. The van der Waals surface area contributed by atoms with Crippen LogP contribution in [0.4, 0.5) is 0 Å². The van der Waals surface area contributed by atoms with Gasteiger partial charge in [-0.05, 0) is 37.1 Å². The summed E-state index contributed by atoms with van der Waals surface area (Å²) in [4.78, 5) is 7.22. The number of hydrogen-bond donors (Lipinski definition) is 2. The molecule has 1 aromatic carbocycles. The molecular weight excluding hydrogens is 304 g/mol. The van der Waals surface area contributed by atoms with Crippen LogP contribution in [0.1, 0.15) is 24.5 Å². The third kappa shape index (κ3) is 6.43. The molecule has 23 heavy (non-hydrogen) atoms. The summed E-state index contributed by atoms with van der Waals surface area (Å²) in [5.74, 6) is 2.06. The van der Waals surface area contributed by atoms with Crippen molar-refractivity contribution < 1.29 is 0 Å². The minimum Gasteiger partial charge on any atom is -0.357 e. The lowest BCUT2D eigenvalue weighted by molar-refractivity contribution is 0.252. The Morgan fingerprint density at radius 1 is 1.26 bits per heavy atom. The lowest BCUT2D eigenvalue weighted by atomic mass is 10.00. The predicted molar refractivity (Wildman–Crippen MR) is 102 cm³/mol. The lowest BCUT2D eigenvalue weighted by Gasteiger charge is -2.28. The summed E-state index contributed by atoms with van der Waals surface area (Å²) >= 11 is 1.85. The van der Waals surface area contributed by atoms with Gasteiger partial charge in [0.15, 0.2) is 5.96 Å². The van der Waals surface area contributed by atoms with E-state index in [1.54, 1.807) is 0 Å². The molecule has 0 saturated heterocycles. The third-order valence-electron chi connectivity index (χ3n) is 4.05. The molecule has 2 N–H and O–H groups in total. The zero-order chi connectivity index (χ0) is 16.3. The quantitative estimate of drug-likeness (QED) is 0.435. The van der Waals surface area contributed by atoms with Gasteiger partial charge >= 0.3 is 0 Å². The first-order valence-corrected chi connectivity index (χ1v) is 10.0. The van der Waals surface area contributed by atoms with Gasteiger partial charge in [0, 0.05) is 45.0 Å². The second-order valence-corrected chi connectivity index (χ2v) is 6.81. The fraction of sp³-hybridized carbons (Fsp3) is 0.611. The van der Waals surface area contributed by atoms with E-state index >= 15 is 0 Å². The highest BCUT2D eigenvalue weighted by Crippen LogP contribution is 2.18. The zero-order valence-electron chi connectivity index (χ0n) is 14.5. The topological polar surface area (TPSA) is 39.7 Å². The number of nitrogens with one attached hydrogen (secondary N) is 2. The fourth-order valence-electron chi connectivity index (χ4n) is 2.84. The molecule has 0 unspecified atom stereocenters. The van der Waals surface area contributed by atoms with Gasteiger partial charge in [-0.15, -0.1) is 0 Å². The Bertz CT molecular complexity index is 490. The molecule has 0 bridgehead atoms. The zero-order valence-corrected chi connectivity index (χ0v) is 15.3. The molecule has 2 rings (SSSR count). The molecule has 0 atom stereocenters. The van der Waals surface area contributed by atoms with E-state index in [4.69, 9.17) is 0 Å². The van der Waals surface area contributed by atoms with Crippen molar-refractivity contribution in [1.29, 1.82) is 0 Å². The molecule has 5 heteroatoms. The third-order valence-corrected chi connectivity index (χ3v) is 4.67. The van der Waals surface area contributed by atoms with Crippen LogP contribution < -0.4 is 10.6 Å². The summed E-state index contributed by atoms with van der Waals surface area (Å²) < 4.78 is 0. The summed E-state index contributed by atoms with van der Waals surface area (Å²) in [5, 5.41) is 6.69. The molecule has 0 spiro atoms. The van der Waals surface area contributed by atoms with Gasteiger partial charge in [-0.2, -0.15) is 11.8 Å². The van der Waals surface area contributed by atoms with Gasteiger partial charge < -0.3 is 10.6 Å². The highest BCUT2D eigenvalue weighted by atomic mass is 32.2. The van der Waals surface area contributed by atoms with Crippen molar-refractivity contribution in [2.24, 2.45) is 4.99 Å². The van der Waals surface area contributed by atoms with E-state index in [2.05, 4.69) is 58.0 Å². The van der Waals surface area contributed by atoms with Crippen molar-refractivity contribution in [1.82, 2.24) is 15.5 Å². The van der Waals surface area contributed by atoms with E-state index < -0.39 is 0 Å². The fourth-order valence-corrected chi connectivity index (χ4v) is 3.15. The smallest absolute Gasteiger partial charge is 0.191 e. The lowest BCUT2D eigenvalue weighted by Crippen LogP contribution is -2.38. The van der Waals surface area contributed by atoms with Crippen LogP contribution in [0.5, 0.6) is 0 Å². The van der Waals surface area contributed by atoms with E-state index in [0.29, 0.717) is 0 Å². The molecule has 1 aromatic rings. The average molecular weight is 335 g/mol. The number of fused-ring (bicyclic) bond motifs is 1. The number of benzene rings is 1. The van der Waals surface area contributed by atoms with Crippen molar-refractivity contribution in [3.8, 4) is 0 Å². The molecule has 1 heterocycles. The first-order chi connectivity index (χ1) is 11.3. The minimum atomic E-state index is 0.882. The Morgan fingerprint density at radius 3 is 2.87 bits per heavy atom. The number of thioether (sulfide) groups is 1. The molecular formula is C18H30N4S. The summed E-state index contributed by atoms with van der Waals surface area (Å²) in [6, 6.07) is 8.82. The Morgan fingerprint density at radius 2 is 2.09 bits per heavy atom. The molecule has 0 aromatic heterocycles. The Hall–Kier alpha value is -1.20. The monoisotopic (exact) mass is 334 g/mol. The second kappa shape index (κ2) is 10.6. The van der Waals surface area contributed by atoms with E-state index in [1.165, 1.54) is 24.1 Å². The number of rotatable bonds is 8. The number of nitrogens with zero attached hydrogens (tertiary/aromatic N) is 2. The first-order valence-electron chi connectivity index (χ1n) is 8.63. The SMILES string of the molecule is CCNC(=NCCCN1CCc2ccccc2C1)NCCSC. The molecule has 0 amide bonds. The van der Waals surface area contributed by atoms with E-state index in [-0.39, 0.29) is 0 Å². The van der Waals surface area contributed by atoms with Gasteiger partial charge in [0.25, 0.3) is 0 Å². The molecule has 0 radical (unpaired) electrons. The number of guanidine groups is 1. The van der Waals surface area contributed by atoms with Crippen LogP contribution in [-0.4, -0.2) is 55.6 Å². The summed E-state index contributed by atoms with van der Waals surface area (Å²) in [7, 11) is 0. The average Bonchev–Trinajstić information content (AvgIpc) is 2.58. The Labute approximate surface area is 145 Å². The maximum Gasteiger partial charge on any atom is 0.191 e. The maximum absolute atomic E-state index is 4.67. The molecule has 4 nitrogen and oxygen atoms in total. The predicted octanol–water partition coefficient (Wildman–Crippen LogP) is 2.35. The van der Waals surface area contributed by atoms with Gasteiger partial charge in [0.05, 0.1) is 0 Å². The highest BCUT2D eigenvalue weighted by Gasteiger charge is 2.14. The molecule has 128 valence electrons. The van der Waals surface area contributed by atoms with Gasteiger partial charge in [-0.3, -0.25) is 9.89 Å². The largest absolute Gasteiger partial charge is 0.357 e. The van der Waals surface area contributed by atoms with Gasteiger partial charge in [0.1, 0.15) is 0 Å². The number of hydrogen-bond acceptors (Lipinski definition) is 3. The van der Waals surface area contributed by atoms with Crippen molar-refractivity contribution >= 4 is 17.7 Å². The van der Waals surface area contributed by atoms with Crippen LogP contribution in [0.15, 0.2) is 29.3 Å². The molecule has 0 aliphatic carbocycles. The summed E-state index contributed by atoms with van der Waals surface area (Å²) in [5.41, 5.74) is 3.02. The standard InChI is InChI=1S/C18H30N4S/c1-3-19-18(21-11-14-23-2)20-10-6-12-22-13-9-16-7-4-5-8-17(16)15-22/h4-5,7-8H,3,6,9-15H2,1-2H3,(H2,19,20,21). The van der Waals surface area contributed by atoms with E-state index in [1.807, 2.05) is 11.8 Å². The Kier molecular flexibility index (Phi) is 8.32. The van der Waals surface area contributed by atoms with Crippen LogP contribution >= 0.6 is 11.8 Å². The van der Waals surface area contributed by atoms with E-state index in [9.17, 15) is 0 Å². The van der Waals surface area contributed by atoms with Gasteiger partial charge in [-0.1, -0.05) is 24.3 Å². The highest BCUT2D eigenvalue weighted by molar-refractivity contribution is 7.98. The first kappa shape index (κ1) is 18.1. The molecule has 1 aliphatic heterocycles. The van der Waals surface area contributed by atoms with Crippen molar-refractivity contribution in [3.63, 3.8) is 0 Å². The Balaban J connectivity index is 1.70. The molecule has 1 aliphatic rings. The van der Waals surface area contributed by atoms with Gasteiger partial charge in [-0.25, -0.2) is 0 Å². The van der Waals surface area contributed by atoms with Crippen molar-refractivity contribution in [2.75, 3.05) is 44.7 Å². The number of aliphatic imine (C=N–C) groups is 1. The van der Waals surface area contributed by atoms with Gasteiger partial charge in [0.2, 0.25) is 0 Å². The summed E-state index contributed by atoms with van der Waals surface area (Å²) in [6.45, 7) is 8.26.